The summed E-state index contributed by atoms with van der Waals surface area (Å²) in [6.45, 7) is 6.97. The maximum absolute atomic E-state index is 12.6. The molecule has 138 valence electrons. The first-order valence-electron chi connectivity index (χ1n) is 9.34. The van der Waals surface area contributed by atoms with Crippen LogP contribution >= 0.6 is 0 Å². The molecule has 1 amide bonds. The molecule has 1 atom stereocenters. The summed E-state index contributed by atoms with van der Waals surface area (Å²) in [5, 5.41) is 13.0. The molecule has 8 nitrogen and oxygen atoms in total. The van der Waals surface area contributed by atoms with E-state index in [1.54, 1.807) is 10.9 Å². The molecule has 4 heterocycles. The molecule has 0 bridgehead atoms. The first-order chi connectivity index (χ1) is 12.7. The molecule has 2 aliphatic rings. The number of amides is 1. The highest BCUT2D eigenvalue weighted by Gasteiger charge is 2.26. The smallest absolute Gasteiger partial charge is 0.247 e. The molecular formula is C18H25N7O. The second kappa shape index (κ2) is 7.31. The molecule has 0 N–H and O–H groups in total. The van der Waals surface area contributed by atoms with Gasteiger partial charge in [0.05, 0.1) is 0 Å². The lowest BCUT2D eigenvalue weighted by Gasteiger charge is -2.36. The quantitative estimate of drug-likeness (QED) is 0.820. The van der Waals surface area contributed by atoms with Crippen LogP contribution in [0.25, 0.3) is 0 Å². The summed E-state index contributed by atoms with van der Waals surface area (Å²) in [5.41, 5.74) is 0. The van der Waals surface area contributed by atoms with Crippen LogP contribution in [0.2, 0.25) is 0 Å². The normalized spacial score (nSPS) is 19.0. The lowest BCUT2D eigenvalue weighted by atomic mass is 10.2. The van der Waals surface area contributed by atoms with Gasteiger partial charge < -0.3 is 14.7 Å². The molecule has 2 aliphatic heterocycles. The molecule has 26 heavy (non-hydrogen) atoms. The van der Waals surface area contributed by atoms with E-state index in [0.29, 0.717) is 13.1 Å². The van der Waals surface area contributed by atoms with E-state index in [2.05, 4.69) is 31.2 Å². The minimum atomic E-state index is -0.268. The summed E-state index contributed by atoms with van der Waals surface area (Å²) in [6.07, 6.45) is 6.00. The second-order valence-electron chi connectivity index (χ2n) is 6.92. The van der Waals surface area contributed by atoms with Crippen molar-refractivity contribution in [2.75, 3.05) is 49.1 Å². The third-order valence-corrected chi connectivity index (χ3v) is 5.26. The van der Waals surface area contributed by atoms with Gasteiger partial charge in [0.25, 0.3) is 0 Å². The number of carbonyl (C=O) groups is 1. The summed E-state index contributed by atoms with van der Waals surface area (Å²) < 4.78 is 1.71. The molecule has 2 aromatic heterocycles. The number of carbonyl (C=O) groups excluding carboxylic acids is 1. The molecule has 1 unspecified atom stereocenters. The summed E-state index contributed by atoms with van der Waals surface area (Å²) in [6, 6.07) is 5.68. The molecule has 2 saturated heterocycles. The van der Waals surface area contributed by atoms with E-state index in [-0.39, 0.29) is 11.9 Å². The van der Waals surface area contributed by atoms with Crippen LogP contribution in [0.4, 0.5) is 11.6 Å². The maximum Gasteiger partial charge on any atom is 0.247 e. The van der Waals surface area contributed by atoms with Crippen LogP contribution < -0.4 is 9.80 Å². The van der Waals surface area contributed by atoms with Gasteiger partial charge in [-0.05, 0) is 38.0 Å². The second-order valence-corrected chi connectivity index (χ2v) is 6.92. The Hall–Kier alpha value is -2.64. The predicted octanol–water partition coefficient (Wildman–Crippen LogP) is 1.18. The predicted molar refractivity (Wildman–Crippen MR) is 99.2 cm³/mol. The molecule has 0 spiro atoms. The number of hydrogen-bond acceptors (Lipinski definition) is 6. The van der Waals surface area contributed by atoms with Gasteiger partial charge in [-0.25, -0.2) is 0 Å². The van der Waals surface area contributed by atoms with E-state index < -0.39 is 0 Å². The van der Waals surface area contributed by atoms with Crippen LogP contribution in [0.3, 0.4) is 0 Å². The summed E-state index contributed by atoms with van der Waals surface area (Å²) in [5.74, 6) is 1.97. The van der Waals surface area contributed by atoms with E-state index in [9.17, 15) is 4.79 Å². The standard InChI is InChI=1S/C18H25N7O/c1-15(25-10-4-7-19-25)18(26)24-13-11-23(12-14-24)17-6-5-16(20-21-17)22-8-2-3-9-22/h4-7,10,15H,2-3,8-9,11-14H2,1H3. The third-order valence-electron chi connectivity index (χ3n) is 5.26. The van der Waals surface area contributed by atoms with Gasteiger partial charge in [0.2, 0.25) is 5.91 Å². The van der Waals surface area contributed by atoms with Crippen LogP contribution in [0, 0.1) is 0 Å². The van der Waals surface area contributed by atoms with Crippen molar-refractivity contribution >= 4 is 17.5 Å². The molecule has 0 aliphatic carbocycles. The van der Waals surface area contributed by atoms with Crippen molar-refractivity contribution < 1.29 is 4.79 Å². The van der Waals surface area contributed by atoms with Gasteiger partial charge in [-0.3, -0.25) is 9.48 Å². The van der Waals surface area contributed by atoms with Crippen LogP contribution in [0.5, 0.6) is 0 Å². The zero-order valence-corrected chi connectivity index (χ0v) is 15.2. The Morgan fingerprint density at radius 1 is 0.962 bits per heavy atom. The van der Waals surface area contributed by atoms with Gasteiger partial charge in [-0.2, -0.15) is 5.10 Å². The Morgan fingerprint density at radius 2 is 1.58 bits per heavy atom. The molecule has 0 radical (unpaired) electrons. The average Bonchev–Trinajstić information content (AvgIpc) is 3.41. The highest BCUT2D eigenvalue weighted by Crippen LogP contribution is 2.20. The zero-order chi connectivity index (χ0) is 17.9. The van der Waals surface area contributed by atoms with Crippen LogP contribution in [-0.2, 0) is 4.79 Å². The van der Waals surface area contributed by atoms with Crippen molar-refractivity contribution in [3.63, 3.8) is 0 Å². The van der Waals surface area contributed by atoms with Crippen LogP contribution in [0.15, 0.2) is 30.6 Å². The average molecular weight is 355 g/mol. The fourth-order valence-electron chi connectivity index (χ4n) is 3.64. The zero-order valence-electron chi connectivity index (χ0n) is 15.2. The van der Waals surface area contributed by atoms with Crippen molar-refractivity contribution in [2.45, 2.75) is 25.8 Å². The van der Waals surface area contributed by atoms with E-state index in [1.165, 1.54) is 12.8 Å². The molecule has 0 saturated carbocycles. The van der Waals surface area contributed by atoms with Gasteiger partial charge >= 0.3 is 0 Å². The highest BCUT2D eigenvalue weighted by molar-refractivity contribution is 5.80. The van der Waals surface area contributed by atoms with E-state index in [0.717, 1.165) is 37.8 Å². The number of hydrogen-bond donors (Lipinski definition) is 0. The van der Waals surface area contributed by atoms with Gasteiger partial charge in [0.1, 0.15) is 6.04 Å². The minimum absolute atomic E-state index is 0.115. The van der Waals surface area contributed by atoms with E-state index >= 15 is 0 Å². The molecule has 2 fully saturated rings. The van der Waals surface area contributed by atoms with E-state index in [4.69, 9.17) is 0 Å². The van der Waals surface area contributed by atoms with Crippen molar-refractivity contribution in [3.05, 3.63) is 30.6 Å². The third kappa shape index (κ3) is 3.36. The lowest BCUT2D eigenvalue weighted by Crippen LogP contribution is -2.50. The van der Waals surface area contributed by atoms with Gasteiger partial charge in [0, 0.05) is 51.7 Å². The van der Waals surface area contributed by atoms with Crippen LogP contribution in [0.1, 0.15) is 25.8 Å². The molecular weight excluding hydrogens is 330 g/mol. The molecule has 2 aromatic rings. The van der Waals surface area contributed by atoms with Gasteiger partial charge in [-0.1, -0.05) is 0 Å². The van der Waals surface area contributed by atoms with Crippen molar-refractivity contribution in [3.8, 4) is 0 Å². The van der Waals surface area contributed by atoms with Crippen molar-refractivity contribution in [1.29, 1.82) is 0 Å². The Labute approximate surface area is 153 Å². The largest absolute Gasteiger partial charge is 0.355 e. The van der Waals surface area contributed by atoms with E-state index in [1.807, 2.05) is 30.2 Å². The first-order valence-corrected chi connectivity index (χ1v) is 9.34. The summed E-state index contributed by atoms with van der Waals surface area (Å²) >= 11 is 0. The number of piperazine rings is 1. The van der Waals surface area contributed by atoms with Crippen molar-refractivity contribution in [1.82, 2.24) is 24.9 Å². The monoisotopic (exact) mass is 355 g/mol. The van der Waals surface area contributed by atoms with Crippen molar-refractivity contribution in [2.24, 2.45) is 0 Å². The number of nitrogens with zero attached hydrogens (tertiary/aromatic N) is 7. The molecule has 0 aromatic carbocycles. The number of rotatable bonds is 4. The fourth-order valence-corrected chi connectivity index (χ4v) is 3.64. The SMILES string of the molecule is CC(C(=O)N1CCN(c2ccc(N3CCCC3)nn2)CC1)n1cccn1. The minimum Gasteiger partial charge on any atom is -0.355 e. The topological polar surface area (TPSA) is 70.4 Å². The number of anilines is 2. The maximum atomic E-state index is 12.6. The first kappa shape index (κ1) is 16.8. The molecule has 4 rings (SSSR count). The molecule has 8 heteroatoms. The number of aromatic nitrogens is 4. The Bertz CT molecular complexity index is 717. The highest BCUT2D eigenvalue weighted by atomic mass is 16.2. The Kier molecular flexibility index (Phi) is 4.73. The summed E-state index contributed by atoms with van der Waals surface area (Å²) in [4.78, 5) is 19.0. The van der Waals surface area contributed by atoms with Gasteiger partial charge in [0.15, 0.2) is 11.6 Å². The fraction of sp³-hybridized carbons (Fsp3) is 0.556. The Balaban J connectivity index is 1.33. The van der Waals surface area contributed by atoms with Crippen LogP contribution in [-0.4, -0.2) is 70.1 Å². The lowest BCUT2D eigenvalue weighted by molar-refractivity contribution is -0.134. The summed E-state index contributed by atoms with van der Waals surface area (Å²) in [7, 11) is 0. The Morgan fingerprint density at radius 3 is 2.12 bits per heavy atom. The van der Waals surface area contributed by atoms with Gasteiger partial charge in [-0.15, -0.1) is 10.2 Å².